The second-order valence-corrected chi connectivity index (χ2v) is 6.21. The van der Waals surface area contributed by atoms with Crippen LogP contribution in [0.15, 0.2) is 54.6 Å². The summed E-state index contributed by atoms with van der Waals surface area (Å²) in [6, 6.07) is 16.6. The van der Waals surface area contributed by atoms with Crippen molar-refractivity contribution in [3.8, 4) is 11.5 Å². The van der Waals surface area contributed by atoms with Crippen LogP contribution in [-0.4, -0.2) is 30.3 Å². The number of nitrogens with one attached hydrogen (secondary N) is 2. The molecule has 1 amide bonds. The van der Waals surface area contributed by atoms with E-state index in [0.717, 1.165) is 22.6 Å². The van der Waals surface area contributed by atoms with Gasteiger partial charge in [-0.25, -0.2) is 0 Å². The van der Waals surface area contributed by atoms with Gasteiger partial charge in [0.25, 0.3) is 0 Å². The van der Waals surface area contributed by atoms with Crippen molar-refractivity contribution in [2.45, 2.75) is 13.3 Å². The molecular formula is C21H22N4O3. The van der Waals surface area contributed by atoms with Crippen LogP contribution in [0.4, 0.5) is 17.3 Å². The molecule has 7 nitrogen and oxygen atoms in total. The summed E-state index contributed by atoms with van der Waals surface area (Å²) in [5, 5.41) is 14.1. The predicted molar refractivity (Wildman–Crippen MR) is 108 cm³/mol. The van der Waals surface area contributed by atoms with Crippen molar-refractivity contribution in [2.24, 2.45) is 0 Å². The molecule has 28 heavy (non-hydrogen) atoms. The Balaban J connectivity index is 1.61. The molecule has 7 heteroatoms. The van der Waals surface area contributed by atoms with Gasteiger partial charge in [-0.05, 0) is 54.4 Å². The molecule has 0 spiro atoms. The number of benzene rings is 2. The van der Waals surface area contributed by atoms with Crippen molar-refractivity contribution in [3.63, 3.8) is 0 Å². The van der Waals surface area contributed by atoms with Gasteiger partial charge in [-0.1, -0.05) is 18.2 Å². The molecule has 0 radical (unpaired) electrons. The molecule has 0 unspecified atom stereocenters. The maximum absolute atomic E-state index is 12.2. The van der Waals surface area contributed by atoms with Gasteiger partial charge in [0.05, 0.1) is 26.3 Å². The second kappa shape index (κ2) is 8.85. The molecule has 1 aromatic heterocycles. The highest BCUT2D eigenvalue weighted by Gasteiger charge is 2.08. The van der Waals surface area contributed by atoms with E-state index in [1.54, 1.807) is 26.4 Å². The fraction of sp³-hybridized carbons (Fsp3) is 0.190. The number of amides is 1. The van der Waals surface area contributed by atoms with Gasteiger partial charge >= 0.3 is 0 Å². The molecule has 0 aliphatic heterocycles. The average Bonchev–Trinajstić information content (AvgIpc) is 2.70. The van der Waals surface area contributed by atoms with Crippen LogP contribution < -0.4 is 20.1 Å². The summed E-state index contributed by atoms with van der Waals surface area (Å²) in [7, 11) is 3.22. The molecule has 0 aliphatic rings. The van der Waals surface area contributed by atoms with Gasteiger partial charge in [0.2, 0.25) is 5.91 Å². The Hall–Kier alpha value is -3.61. The lowest BCUT2D eigenvalue weighted by atomic mass is 10.1. The molecule has 144 valence electrons. The molecule has 3 rings (SSSR count). The number of rotatable bonds is 7. The number of ether oxygens (including phenoxy) is 2. The zero-order valence-corrected chi connectivity index (χ0v) is 16.0. The van der Waals surface area contributed by atoms with E-state index in [-0.39, 0.29) is 12.3 Å². The van der Waals surface area contributed by atoms with Crippen LogP contribution >= 0.6 is 0 Å². The Morgan fingerprint density at radius 3 is 2.29 bits per heavy atom. The smallest absolute Gasteiger partial charge is 0.229 e. The van der Waals surface area contributed by atoms with Crippen LogP contribution in [0.3, 0.4) is 0 Å². The van der Waals surface area contributed by atoms with Crippen LogP contribution in [0.5, 0.6) is 11.5 Å². The number of carbonyl (C=O) groups is 1. The first-order chi connectivity index (χ1) is 13.6. The summed E-state index contributed by atoms with van der Waals surface area (Å²) in [5.41, 5.74) is 2.78. The van der Waals surface area contributed by atoms with Crippen molar-refractivity contribution >= 4 is 23.2 Å². The topological polar surface area (TPSA) is 85.4 Å². The van der Waals surface area contributed by atoms with Gasteiger partial charge in [0.15, 0.2) is 11.6 Å². The molecule has 0 atom stereocenters. The van der Waals surface area contributed by atoms with Gasteiger partial charge in [-0.15, -0.1) is 10.2 Å². The van der Waals surface area contributed by atoms with Crippen LogP contribution in [0.2, 0.25) is 0 Å². The summed E-state index contributed by atoms with van der Waals surface area (Å²) in [5.74, 6) is 2.24. The molecule has 1 heterocycles. The lowest BCUT2D eigenvalue weighted by Gasteiger charge is -2.11. The third-order valence-corrected chi connectivity index (χ3v) is 4.07. The third-order valence-electron chi connectivity index (χ3n) is 4.07. The first-order valence-corrected chi connectivity index (χ1v) is 8.75. The Morgan fingerprint density at radius 2 is 1.64 bits per heavy atom. The highest BCUT2D eigenvalue weighted by molar-refractivity contribution is 5.91. The Bertz CT molecular complexity index is 941. The minimum atomic E-state index is -0.166. The summed E-state index contributed by atoms with van der Waals surface area (Å²) >= 11 is 0. The van der Waals surface area contributed by atoms with Crippen molar-refractivity contribution < 1.29 is 14.3 Å². The summed E-state index contributed by atoms with van der Waals surface area (Å²) in [4.78, 5) is 12.2. The molecular weight excluding hydrogens is 356 g/mol. The van der Waals surface area contributed by atoms with Gasteiger partial charge in [0.1, 0.15) is 11.5 Å². The number of nitrogens with zero attached hydrogens (tertiary/aromatic N) is 2. The molecule has 0 fully saturated rings. The lowest BCUT2D eigenvalue weighted by Crippen LogP contribution is -2.15. The van der Waals surface area contributed by atoms with E-state index in [1.807, 2.05) is 49.4 Å². The fourth-order valence-corrected chi connectivity index (χ4v) is 2.64. The molecule has 0 saturated carbocycles. The van der Waals surface area contributed by atoms with Gasteiger partial charge in [0, 0.05) is 0 Å². The second-order valence-electron chi connectivity index (χ2n) is 6.21. The number of hydrogen-bond donors (Lipinski definition) is 2. The van der Waals surface area contributed by atoms with Crippen LogP contribution in [0.25, 0.3) is 0 Å². The minimum absolute atomic E-state index is 0.166. The van der Waals surface area contributed by atoms with Crippen molar-refractivity contribution in [3.05, 3.63) is 65.7 Å². The van der Waals surface area contributed by atoms with Gasteiger partial charge < -0.3 is 20.1 Å². The molecule has 3 aromatic rings. The number of methoxy groups -OCH3 is 2. The van der Waals surface area contributed by atoms with E-state index in [2.05, 4.69) is 20.8 Å². The maximum Gasteiger partial charge on any atom is 0.229 e. The van der Waals surface area contributed by atoms with E-state index in [0.29, 0.717) is 17.4 Å². The first kappa shape index (κ1) is 19.2. The van der Waals surface area contributed by atoms with E-state index in [4.69, 9.17) is 9.47 Å². The highest BCUT2D eigenvalue weighted by Crippen LogP contribution is 2.27. The van der Waals surface area contributed by atoms with E-state index < -0.39 is 0 Å². The number of carbonyl (C=O) groups excluding carboxylic acids is 1. The summed E-state index contributed by atoms with van der Waals surface area (Å²) < 4.78 is 10.5. The van der Waals surface area contributed by atoms with Crippen LogP contribution in [0, 0.1) is 6.92 Å². The maximum atomic E-state index is 12.2. The SMILES string of the molecule is COc1ccc(CC(=O)Nc2ccc(Nc3cc(C)ccc3OC)nn2)cc1. The van der Waals surface area contributed by atoms with Crippen LogP contribution in [0.1, 0.15) is 11.1 Å². The number of anilines is 3. The molecule has 2 aromatic carbocycles. The minimum Gasteiger partial charge on any atom is -0.497 e. The average molecular weight is 378 g/mol. The largest absolute Gasteiger partial charge is 0.497 e. The number of aromatic nitrogens is 2. The summed E-state index contributed by atoms with van der Waals surface area (Å²) in [6.45, 7) is 2.00. The van der Waals surface area contributed by atoms with E-state index in [1.165, 1.54) is 0 Å². The molecule has 2 N–H and O–H groups in total. The van der Waals surface area contributed by atoms with Crippen molar-refractivity contribution in [2.75, 3.05) is 24.9 Å². The van der Waals surface area contributed by atoms with E-state index >= 15 is 0 Å². The molecule has 0 bridgehead atoms. The molecule has 0 saturated heterocycles. The third kappa shape index (κ3) is 4.97. The van der Waals surface area contributed by atoms with E-state index in [9.17, 15) is 4.79 Å². The van der Waals surface area contributed by atoms with Crippen molar-refractivity contribution in [1.29, 1.82) is 0 Å². The Morgan fingerprint density at radius 1 is 0.929 bits per heavy atom. The quantitative estimate of drug-likeness (QED) is 0.652. The zero-order chi connectivity index (χ0) is 19.9. The number of hydrogen-bond acceptors (Lipinski definition) is 6. The number of aryl methyl sites for hydroxylation is 1. The Kier molecular flexibility index (Phi) is 6.06. The highest BCUT2D eigenvalue weighted by atomic mass is 16.5. The lowest BCUT2D eigenvalue weighted by molar-refractivity contribution is -0.115. The van der Waals surface area contributed by atoms with Gasteiger partial charge in [-0.3, -0.25) is 4.79 Å². The van der Waals surface area contributed by atoms with Gasteiger partial charge in [-0.2, -0.15) is 0 Å². The fourth-order valence-electron chi connectivity index (χ4n) is 2.64. The standard InChI is InChI=1S/C21H22N4O3/c1-14-4-9-18(28-3)17(12-14)22-19-10-11-20(25-24-19)23-21(26)13-15-5-7-16(27-2)8-6-15/h4-12H,13H2,1-3H3,(H,22,24)(H,23,25,26). The van der Waals surface area contributed by atoms with Crippen LogP contribution in [-0.2, 0) is 11.2 Å². The molecule has 0 aliphatic carbocycles. The zero-order valence-electron chi connectivity index (χ0n) is 16.0. The summed E-state index contributed by atoms with van der Waals surface area (Å²) in [6.07, 6.45) is 0.242. The normalized spacial score (nSPS) is 10.2. The monoisotopic (exact) mass is 378 g/mol. The predicted octanol–water partition coefficient (Wildman–Crippen LogP) is 3.73. The Labute approximate surface area is 163 Å². The van der Waals surface area contributed by atoms with Crippen molar-refractivity contribution in [1.82, 2.24) is 10.2 Å². The first-order valence-electron chi connectivity index (χ1n) is 8.75.